The normalized spacial score (nSPS) is 24.6. The van der Waals surface area contributed by atoms with Gasteiger partial charge in [-0.25, -0.2) is 0 Å². The number of phenolic OH excluding ortho intramolecular Hbond substituents is 1. The zero-order valence-corrected chi connectivity index (χ0v) is 11.6. The maximum atomic E-state index is 10.9. The van der Waals surface area contributed by atoms with Crippen molar-refractivity contribution in [2.24, 2.45) is 0 Å². The summed E-state index contributed by atoms with van der Waals surface area (Å²) in [6, 6.07) is 3.65. The Kier molecular flexibility index (Phi) is 3.58. The van der Waals surface area contributed by atoms with E-state index in [0.29, 0.717) is 6.61 Å². The average molecular weight is 283 g/mol. The fraction of sp³-hybridized carbons (Fsp3) is 0.538. The number of nitrogens with zero attached hydrogens (tertiary/aromatic N) is 1. The van der Waals surface area contributed by atoms with E-state index in [9.17, 15) is 15.2 Å². The highest BCUT2D eigenvalue weighted by Gasteiger charge is 2.42. The van der Waals surface area contributed by atoms with Crippen LogP contribution in [-0.2, 0) is 9.47 Å². The number of hydrogen-bond acceptors (Lipinski definition) is 6. The number of rotatable bonds is 4. The monoisotopic (exact) mass is 283 g/mol. The van der Waals surface area contributed by atoms with Crippen LogP contribution in [0.4, 0.5) is 5.69 Å². The molecule has 7 heteroatoms. The first-order valence-corrected chi connectivity index (χ1v) is 6.15. The Bertz CT molecular complexity index is 530. The predicted octanol–water partition coefficient (Wildman–Crippen LogP) is 2.22. The zero-order valence-electron chi connectivity index (χ0n) is 11.6. The summed E-state index contributed by atoms with van der Waals surface area (Å²) in [6.45, 7) is 5.79. The van der Waals surface area contributed by atoms with Gasteiger partial charge >= 0.3 is 5.69 Å². The van der Waals surface area contributed by atoms with E-state index < -0.39 is 16.3 Å². The van der Waals surface area contributed by atoms with Gasteiger partial charge in [0.15, 0.2) is 5.79 Å². The molecule has 0 aliphatic carbocycles. The third-order valence-corrected chi connectivity index (χ3v) is 2.89. The molecule has 0 saturated carbocycles. The molecule has 7 nitrogen and oxygen atoms in total. The lowest BCUT2D eigenvalue weighted by Gasteiger charge is -2.25. The van der Waals surface area contributed by atoms with Crippen molar-refractivity contribution in [1.29, 1.82) is 0 Å². The van der Waals surface area contributed by atoms with Crippen LogP contribution in [0.2, 0.25) is 0 Å². The number of hydrogen-bond donors (Lipinski definition) is 1. The van der Waals surface area contributed by atoms with E-state index in [1.54, 1.807) is 20.8 Å². The van der Waals surface area contributed by atoms with Crippen LogP contribution < -0.4 is 4.74 Å². The molecular weight excluding hydrogens is 266 g/mol. The van der Waals surface area contributed by atoms with Crippen molar-refractivity contribution in [3.05, 3.63) is 28.3 Å². The van der Waals surface area contributed by atoms with E-state index in [1.165, 1.54) is 18.2 Å². The van der Waals surface area contributed by atoms with Crippen LogP contribution in [0.25, 0.3) is 0 Å². The second-order valence-electron chi connectivity index (χ2n) is 5.44. The standard InChI is InChI=1S/C13H17NO6/c1-12(2)19-8-13(3,20-12)7-18-11-6-9(15)4-5-10(11)14(16)17/h4-6,15H,7-8H2,1-3H3/t13-/m1/s1. The fourth-order valence-electron chi connectivity index (χ4n) is 2.05. The minimum absolute atomic E-state index is 0.00420. The highest BCUT2D eigenvalue weighted by atomic mass is 16.8. The summed E-state index contributed by atoms with van der Waals surface area (Å²) >= 11 is 0. The summed E-state index contributed by atoms with van der Waals surface area (Å²) in [5, 5.41) is 20.3. The van der Waals surface area contributed by atoms with Gasteiger partial charge in [-0.15, -0.1) is 0 Å². The third kappa shape index (κ3) is 3.17. The lowest BCUT2D eigenvalue weighted by molar-refractivity contribution is -0.386. The molecule has 0 spiro atoms. The first-order chi connectivity index (χ1) is 9.21. The molecule has 1 aromatic rings. The van der Waals surface area contributed by atoms with Gasteiger partial charge in [0.05, 0.1) is 11.5 Å². The Balaban J connectivity index is 2.11. The predicted molar refractivity (Wildman–Crippen MR) is 69.8 cm³/mol. The summed E-state index contributed by atoms with van der Waals surface area (Å²) in [5.41, 5.74) is -0.896. The number of benzene rings is 1. The maximum absolute atomic E-state index is 10.9. The molecule has 1 heterocycles. The topological polar surface area (TPSA) is 91.1 Å². The lowest BCUT2D eigenvalue weighted by atomic mass is 10.1. The summed E-state index contributed by atoms with van der Waals surface area (Å²) < 4.78 is 16.6. The first-order valence-electron chi connectivity index (χ1n) is 6.15. The van der Waals surface area contributed by atoms with Crippen LogP contribution in [0.15, 0.2) is 18.2 Å². The molecule has 0 unspecified atom stereocenters. The van der Waals surface area contributed by atoms with E-state index in [2.05, 4.69) is 0 Å². The largest absolute Gasteiger partial charge is 0.508 e. The minimum atomic E-state index is -0.705. The van der Waals surface area contributed by atoms with Gasteiger partial charge in [-0.3, -0.25) is 10.1 Å². The Morgan fingerprint density at radius 3 is 2.70 bits per heavy atom. The molecule has 0 aromatic heterocycles. The molecule has 2 rings (SSSR count). The first kappa shape index (κ1) is 14.5. The molecule has 0 radical (unpaired) electrons. The van der Waals surface area contributed by atoms with Crippen molar-refractivity contribution < 1.29 is 24.2 Å². The SMILES string of the molecule is CC1(C)OC[C@@](C)(COc2cc(O)ccc2[N+](=O)[O-])O1. The summed E-state index contributed by atoms with van der Waals surface area (Å²) in [5.74, 6) is -0.799. The molecule has 110 valence electrons. The van der Waals surface area contributed by atoms with Crippen LogP contribution in [-0.4, -0.2) is 34.6 Å². The van der Waals surface area contributed by atoms with Gasteiger partial charge in [-0.1, -0.05) is 0 Å². The second-order valence-corrected chi connectivity index (χ2v) is 5.44. The van der Waals surface area contributed by atoms with Gasteiger partial charge in [0, 0.05) is 12.1 Å². The third-order valence-electron chi connectivity index (χ3n) is 2.89. The van der Waals surface area contributed by atoms with E-state index in [1.807, 2.05) is 0 Å². The van der Waals surface area contributed by atoms with Crippen molar-refractivity contribution in [1.82, 2.24) is 0 Å². The number of aromatic hydroxyl groups is 1. The molecule has 1 N–H and O–H groups in total. The van der Waals surface area contributed by atoms with E-state index in [0.717, 1.165) is 0 Å². The summed E-state index contributed by atoms with van der Waals surface area (Å²) in [6.07, 6.45) is 0. The van der Waals surface area contributed by atoms with Crippen LogP contribution in [0, 0.1) is 10.1 Å². The molecule has 1 aliphatic heterocycles. The van der Waals surface area contributed by atoms with Gasteiger partial charge in [0.1, 0.15) is 18.0 Å². The van der Waals surface area contributed by atoms with Crippen LogP contribution >= 0.6 is 0 Å². The van der Waals surface area contributed by atoms with Gasteiger partial charge in [-0.2, -0.15) is 0 Å². The van der Waals surface area contributed by atoms with Crippen molar-refractivity contribution in [3.8, 4) is 11.5 Å². The Hall–Kier alpha value is -1.86. The lowest BCUT2D eigenvalue weighted by Crippen LogP contribution is -2.37. The van der Waals surface area contributed by atoms with Gasteiger partial charge in [0.25, 0.3) is 0 Å². The van der Waals surface area contributed by atoms with Crippen molar-refractivity contribution >= 4 is 5.69 Å². The number of nitro benzene ring substituents is 1. The molecule has 1 saturated heterocycles. The zero-order chi connectivity index (χ0) is 15.0. The molecule has 1 aliphatic rings. The molecule has 0 amide bonds. The minimum Gasteiger partial charge on any atom is -0.508 e. The number of nitro groups is 1. The van der Waals surface area contributed by atoms with E-state index >= 15 is 0 Å². The highest BCUT2D eigenvalue weighted by molar-refractivity contribution is 5.50. The Morgan fingerprint density at radius 1 is 1.45 bits per heavy atom. The fourth-order valence-corrected chi connectivity index (χ4v) is 2.05. The van der Waals surface area contributed by atoms with Crippen LogP contribution in [0.3, 0.4) is 0 Å². The van der Waals surface area contributed by atoms with Crippen molar-refractivity contribution in [2.45, 2.75) is 32.2 Å². The number of phenols is 1. The van der Waals surface area contributed by atoms with Crippen LogP contribution in [0.5, 0.6) is 11.5 Å². The number of ether oxygens (including phenoxy) is 3. The molecule has 1 aromatic carbocycles. The average Bonchev–Trinajstić information content (AvgIpc) is 2.61. The molecular formula is C13H17NO6. The van der Waals surface area contributed by atoms with Gasteiger partial charge in [0.2, 0.25) is 5.75 Å². The second kappa shape index (κ2) is 4.92. The highest BCUT2D eigenvalue weighted by Crippen LogP contribution is 2.34. The molecule has 20 heavy (non-hydrogen) atoms. The van der Waals surface area contributed by atoms with Crippen molar-refractivity contribution in [2.75, 3.05) is 13.2 Å². The van der Waals surface area contributed by atoms with Crippen LogP contribution in [0.1, 0.15) is 20.8 Å². The molecule has 1 fully saturated rings. The molecule has 0 bridgehead atoms. The summed E-state index contributed by atoms with van der Waals surface area (Å²) in [7, 11) is 0. The van der Waals surface area contributed by atoms with E-state index in [4.69, 9.17) is 14.2 Å². The van der Waals surface area contributed by atoms with E-state index in [-0.39, 0.29) is 23.8 Å². The Morgan fingerprint density at radius 2 is 2.15 bits per heavy atom. The Labute approximate surface area is 116 Å². The smallest absolute Gasteiger partial charge is 0.311 e. The van der Waals surface area contributed by atoms with Crippen molar-refractivity contribution in [3.63, 3.8) is 0 Å². The van der Waals surface area contributed by atoms with Gasteiger partial charge < -0.3 is 19.3 Å². The molecule has 1 atom stereocenters. The maximum Gasteiger partial charge on any atom is 0.311 e. The quantitative estimate of drug-likeness (QED) is 0.673. The summed E-state index contributed by atoms with van der Waals surface area (Å²) in [4.78, 5) is 10.3. The van der Waals surface area contributed by atoms with Gasteiger partial charge in [-0.05, 0) is 26.8 Å².